The maximum absolute atomic E-state index is 12.2. The number of hydrogen-bond donors (Lipinski definition) is 3. The van der Waals surface area contributed by atoms with Crippen molar-refractivity contribution in [2.75, 3.05) is 19.0 Å². The number of phenolic OH excluding ortho intramolecular Hbond substituents is 1. The van der Waals surface area contributed by atoms with Gasteiger partial charge in [-0.25, -0.2) is 4.79 Å². The van der Waals surface area contributed by atoms with E-state index in [1.54, 1.807) is 24.3 Å². The average Bonchev–Trinajstić information content (AvgIpc) is 2.60. The molecular formula is C19H23NO5. The van der Waals surface area contributed by atoms with Crippen LogP contribution in [-0.2, 0) is 4.74 Å². The van der Waals surface area contributed by atoms with Crippen molar-refractivity contribution >= 4 is 11.8 Å². The number of anilines is 1. The summed E-state index contributed by atoms with van der Waals surface area (Å²) in [6.07, 6.45) is -0.764. The minimum atomic E-state index is -0.618. The number of aliphatic hydroxyl groups excluding tert-OH is 1. The van der Waals surface area contributed by atoms with Crippen molar-refractivity contribution in [1.82, 2.24) is 0 Å². The minimum Gasteiger partial charge on any atom is -0.504 e. The summed E-state index contributed by atoms with van der Waals surface area (Å²) in [6, 6.07) is 13.8. The first-order valence-electron chi connectivity index (χ1n) is 8.05. The third-order valence-corrected chi connectivity index (χ3v) is 3.89. The Morgan fingerprint density at radius 2 is 1.92 bits per heavy atom. The maximum atomic E-state index is 12.2. The Bertz CT molecular complexity index is 689. The quantitative estimate of drug-likeness (QED) is 0.712. The molecule has 2 aromatic carbocycles. The normalized spacial score (nSPS) is 12.9. The second kappa shape index (κ2) is 8.94. The molecule has 0 saturated heterocycles. The molecule has 6 nitrogen and oxygen atoms in total. The molecule has 25 heavy (non-hydrogen) atoms. The van der Waals surface area contributed by atoms with E-state index in [-0.39, 0.29) is 18.3 Å². The van der Waals surface area contributed by atoms with Crippen molar-refractivity contribution in [1.29, 1.82) is 0 Å². The van der Waals surface area contributed by atoms with Crippen LogP contribution in [0.25, 0.3) is 0 Å². The Hall–Kier alpha value is -2.73. The highest BCUT2D eigenvalue weighted by Crippen LogP contribution is 2.34. The van der Waals surface area contributed by atoms with Crippen LogP contribution in [0, 0.1) is 5.92 Å². The largest absolute Gasteiger partial charge is 0.504 e. The number of methoxy groups -OCH3 is 1. The molecule has 0 heterocycles. The van der Waals surface area contributed by atoms with Gasteiger partial charge in [-0.3, -0.25) is 5.32 Å². The van der Waals surface area contributed by atoms with Gasteiger partial charge in [0.1, 0.15) is 6.10 Å². The summed E-state index contributed by atoms with van der Waals surface area (Å²) in [6.45, 7) is 1.85. The number of carbonyl (C=O) groups excluding carboxylic acids is 1. The molecule has 1 amide bonds. The lowest BCUT2D eigenvalue weighted by Gasteiger charge is -2.24. The zero-order valence-electron chi connectivity index (χ0n) is 14.3. The SMILES string of the molecule is COc1ccc([C@H](OC(=O)Nc2ccccc2)[C@H](C)CCO)cc1O. The molecule has 0 aliphatic rings. The zero-order chi connectivity index (χ0) is 18.2. The monoisotopic (exact) mass is 345 g/mol. The van der Waals surface area contributed by atoms with Crippen molar-refractivity contribution < 1.29 is 24.5 Å². The molecule has 2 atom stereocenters. The maximum Gasteiger partial charge on any atom is 0.412 e. The fraction of sp³-hybridized carbons (Fsp3) is 0.316. The predicted octanol–water partition coefficient (Wildman–Crippen LogP) is 3.71. The van der Waals surface area contributed by atoms with Gasteiger partial charge in [0, 0.05) is 12.3 Å². The number of phenols is 1. The van der Waals surface area contributed by atoms with E-state index < -0.39 is 12.2 Å². The minimum absolute atomic E-state index is 0.0243. The van der Waals surface area contributed by atoms with Gasteiger partial charge >= 0.3 is 6.09 Å². The third-order valence-electron chi connectivity index (χ3n) is 3.89. The van der Waals surface area contributed by atoms with Crippen molar-refractivity contribution in [3.63, 3.8) is 0 Å². The number of ether oxygens (including phenoxy) is 2. The van der Waals surface area contributed by atoms with Crippen LogP contribution in [-0.4, -0.2) is 30.0 Å². The molecular weight excluding hydrogens is 322 g/mol. The predicted molar refractivity (Wildman–Crippen MR) is 94.8 cm³/mol. The van der Waals surface area contributed by atoms with Crippen LogP contribution < -0.4 is 10.1 Å². The summed E-state index contributed by atoms with van der Waals surface area (Å²) in [5, 5.41) is 21.9. The van der Waals surface area contributed by atoms with Crippen LogP contribution in [0.2, 0.25) is 0 Å². The molecule has 0 aromatic heterocycles. The molecule has 0 unspecified atom stereocenters. The van der Waals surface area contributed by atoms with Crippen molar-refractivity contribution in [3.05, 3.63) is 54.1 Å². The standard InChI is InChI=1S/C19H23NO5/c1-13(10-11-21)18(14-8-9-17(24-2)16(22)12-14)25-19(23)20-15-6-4-3-5-7-15/h3-9,12-13,18,21-22H,10-11H2,1-2H3,(H,20,23)/t13-,18-/m1/s1. The fourth-order valence-electron chi connectivity index (χ4n) is 2.54. The van der Waals surface area contributed by atoms with Gasteiger partial charge in [0.05, 0.1) is 7.11 Å². The average molecular weight is 345 g/mol. The lowest BCUT2D eigenvalue weighted by Crippen LogP contribution is -2.22. The molecule has 3 N–H and O–H groups in total. The highest BCUT2D eigenvalue weighted by molar-refractivity contribution is 5.84. The van der Waals surface area contributed by atoms with E-state index in [0.29, 0.717) is 23.4 Å². The highest BCUT2D eigenvalue weighted by Gasteiger charge is 2.24. The Labute approximate surface area is 147 Å². The Balaban J connectivity index is 2.18. The highest BCUT2D eigenvalue weighted by atomic mass is 16.6. The smallest absolute Gasteiger partial charge is 0.412 e. The lowest BCUT2D eigenvalue weighted by atomic mass is 9.94. The Morgan fingerprint density at radius 3 is 2.52 bits per heavy atom. The number of benzene rings is 2. The molecule has 6 heteroatoms. The molecule has 0 fully saturated rings. The van der Waals surface area contributed by atoms with Gasteiger partial charge in [0.2, 0.25) is 0 Å². The second-order valence-electron chi connectivity index (χ2n) is 5.74. The van der Waals surface area contributed by atoms with Gasteiger partial charge in [-0.1, -0.05) is 31.2 Å². The number of rotatable bonds is 7. The Kier molecular flexibility index (Phi) is 6.65. The first kappa shape index (κ1) is 18.6. The van der Waals surface area contributed by atoms with E-state index in [1.807, 2.05) is 25.1 Å². The van der Waals surface area contributed by atoms with Gasteiger partial charge in [0.15, 0.2) is 11.5 Å². The molecule has 2 aromatic rings. The van der Waals surface area contributed by atoms with E-state index >= 15 is 0 Å². The second-order valence-corrected chi connectivity index (χ2v) is 5.74. The van der Waals surface area contributed by atoms with Crippen LogP contribution in [0.5, 0.6) is 11.5 Å². The van der Waals surface area contributed by atoms with Crippen LogP contribution >= 0.6 is 0 Å². The summed E-state index contributed by atoms with van der Waals surface area (Å²) in [7, 11) is 1.46. The fourth-order valence-corrected chi connectivity index (χ4v) is 2.54. The van der Waals surface area contributed by atoms with Crippen molar-refractivity contribution in [2.45, 2.75) is 19.4 Å². The van der Waals surface area contributed by atoms with Gasteiger partial charge in [-0.2, -0.15) is 0 Å². The first-order chi connectivity index (χ1) is 12.0. The summed E-state index contributed by atoms with van der Waals surface area (Å²) >= 11 is 0. The number of carbonyl (C=O) groups is 1. The molecule has 0 aliphatic heterocycles. The van der Waals surface area contributed by atoms with Crippen LogP contribution in [0.15, 0.2) is 48.5 Å². The van der Waals surface area contributed by atoms with Gasteiger partial charge in [-0.05, 0) is 42.2 Å². The van der Waals surface area contributed by atoms with Crippen LogP contribution in [0.1, 0.15) is 25.0 Å². The number of aromatic hydroxyl groups is 1. The summed E-state index contributed by atoms with van der Waals surface area (Å²) < 4.78 is 10.6. The van der Waals surface area contributed by atoms with Crippen LogP contribution in [0.3, 0.4) is 0 Å². The summed E-state index contributed by atoms with van der Waals surface area (Å²) in [4.78, 5) is 12.2. The molecule has 2 rings (SSSR count). The molecule has 0 aliphatic carbocycles. The number of hydrogen-bond acceptors (Lipinski definition) is 5. The summed E-state index contributed by atoms with van der Waals surface area (Å²) in [5.41, 5.74) is 1.25. The number of nitrogens with one attached hydrogen (secondary N) is 1. The van der Waals surface area contributed by atoms with E-state index in [2.05, 4.69) is 5.32 Å². The Morgan fingerprint density at radius 1 is 1.20 bits per heavy atom. The first-order valence-corrected chi connectivity index (χ1v) is 8.05. The molecule has 0 bridgehead atoms. The van der Waals surface area contributed by atoms with Gasteiger partial charge in [-0.15, -0.1) is 0 Å². The van der Waals surface area contributed by atoms with Crippen molar-refractivity contribution in [3.8, 4) is 11.5 Å². The lowest BCUT2D eigenvalue weighted by molar-refractivity contribution is 0.0666. The molecule has 0 spiro atoms. The number of para-hydroxylation sites is 1. The number of aliphatic hydroxyl groups is 1. The van der Waals surface area contributed by atoms with Crippen LogP contribution in [0.4, 0.5) is 10.5 Å². The van der Waals surface area contributed by atoms with E-state index in [4.69, 9.17) is 9.47 Å². The van der Waals surface area contributed by atoms with Crippen molar-refractivity contribution in [2.24, 2.45) is 5.92 Å². The third kappa shape index (κ3) is 5.12. The molecule has 134 valence electrons. The molecule has 0 saturated carbocycles. The van der Waals surface area contributed by atoms with E-state index in [1.165, 1.54) is 13.2 Å². The number of amides is 1. The van der Waals surface area contributed by atoms with E-state index in [9.17, 15) is 15.0 Å². The zero-order valence-corrected chi connectivity index (χ0v) is 14.3. The van der Waals surface area contributed by atoms with Gasteiger partial charge in [0.25, 0.3) is 0 Å². The molecule has 0 radical (unpaired) electrons. The van der Waals surface area contributed by atoms with Gasteiger partial charge < -0.3 is 19.7 Å². The topological polar surface area (TPSA) is 88.0 Å². The summed E-state index contributed by atoms with van der Waals surface area (Å²) in [5.74, 6) is 0.165. The van der Waals surface area contributed by atoms with E-state index in [0.717, 1.165) is 0 Å².